The van der Waals surface area contributed by atoms with Gasteiger partial charge in [0.15, 0.2) is 0 Å². The van der Waals surface area contributed by atoms with Crippen LogP contribution in [0.15, 0.2) is 60.9 Å². The Morgan fingerprint density at radius 2 is 1.98 bits per heavy atom. The van der Waals surface area contributed by atoms with Crippen molar-refractivity contribution < 1.29 is 19.5 Å². The molecule has 1 aliphatic heterocycles. The molecule has 1 fully saturated rings. The number of carboxylic acids is 1. The molecule has 212 valence electrons. The number of pyridine rings is 1. The SMILES string of the molecule is CCc1c[nH]c2ncc(-c3cccc(N4CCN(C(=O)CNc5ccc(C[C@@H](N)C(=O)O)cc5)CC4=O)c3)c(Cl)c12. The lowest BCUT2D eigenvalue weighted by molar-refractivity contribution is -0.138. The first-order valence-corrected chi connectivity index (χ1v) is 13.8. The number of nitrogens with one attached hydrogen (secondary N) is 2. The Bertz CT molecular complexity index is 1600. The van der Waals surface area contributed by atoms with Crippen LogP contribution in [0.1, 0.15) is 18.1 Å². The van der Waals surface area contributed by atoms with Gasteiger partial charge in [-0.25, -0.2) is 4.98 Å². The molecule has 5 rings (SSSR count). The minimum atomic E-state index is -1.05. The van der Waals surface area contributed by atoms with Crippen molar-refractivity contribution in [1.29, 1.82) is 0 Å². The molecule has 0 saturated carbocycles. The molecule has 0 radical (unpaired) electrons. The lowest BCUT2D eigenvalue weighted by atomic mass is 10.0. The number of aliphatic carboxylic acids is 1. The van der Waals surface area contributed by atoms with E-state index in [2.05, 4.69) is 22.2 Å². The first-order chi connectivity index (χ1) is 19.7. The van der Waals surface area contributed by atoms with E-state index < -0.39 is 12.0 Å². The maximum Gasteiger partial charge on any atom is 0.320 e. The van der Waals surface area contributed by atoms with E-state index in [1.54, 1.807) is 40.3 Å². The number of benzene rings is 2. The second-order valence-corrected chi connectivity index (χ2v) is 10.4. The summed E-state index contributed by atoms with van der Waals surface area (Å²) in [6, 6.07) is 13.8. The van der Waals surface area contributed by atoms with Crippen molar-refractivity contribution in [1.82, 2.24) is 14.9 Å². The Balaban J connectivity index is 1.21. The number of hydrogen-bond acceptors (Lipinski definition) is 6. The molecule has 10 nitrogen and oxygen atoms in total. The van der Waals surface area contributed by atoms with Gasteiger partial charge in [0.05, 0.1) is 11.6 Å². The molecule has 11 heteroatoms. The van der Waals surface area contributed by atoms with E-state index in [1.807, 2.05) is 30.5 Å². The third-order valence-corrected chi connectivity index (χ3v) is 7.71. The predicted molar refractivity (Wildman–Crippen MR) is 159 cm³/mol. The van der Waals surface area contributed by atoms with Gasteiger partial charge in [0, 0.05) is 47.8 Å². The number of H-pyrrole nitrogens is 1. The molecular formula is C30H31ClN6O4. The molecule has 41 heavy (non-hydrogen) atoms. The van der Waals surface area contributed by atoms with Crippen molar-refractivity contribution in [3.63, 3.8) is 0 Å². The third kappa shape index (κ3) is 6.03. The number of aromatic amines is 1. The van der Waals surface area contributed by atoms with E-state index in [1.165, 1.54) is 0 Å². The van der Waals surface area contributed by atoms with Crippen LogP contribution in [0, 0.1) is 0 Å². The van der Waals surface area contributed by atoms with Crippen LogP contribution in [0.3, 0.4) is 0 Å². The zero-order valence-corrected chi connectivity index (χ0v) is 23.3. The van der Waals surface area contributed by atoms with Crippen molar-refractivity contribution in [2.45, 2.75) is 25.8 Å². The molecule has 0 spiro atoms. The second kappa shape index (κ2) is 12.0. The van der Waals surface area contributed by atoms with Gasteiger partial charge in [-0.3, -0.25) is 14.4 Å². The largest absolute Gasteiger partial charge is 0.480 e. The molecule has 1 saturated heterocycles. The van der Waals surface area contributed by atoms with Gasteiger partial charge in [0.25, 0.3) is 0 Å². The number of nitrogens with two attached hydrogens (primary N) is 1. The fourth-order valence-electron chi connectivity index (χ4n) is 4.99. The van der Waals surface area contributed by atoms with E-state index in [9.17, 15) is 14.4 Å². The van der Waals surface area contributed by atoms with Gasteiger partial charge in [0.2, 0.25) is 11.8 Å². The van der Waals surface area contributed by atoms with Gasteiger partial charge in [-0.2, -0.15) is 0 Å². The van der Waals surface area contributed by atoms with Crippen molar-refractivity contribution in [2.24, 2.45) is 5.73 Å². The lowest BCUT2D eigenvalue weighted by Crippen LogP contribution is -2.53. The standard InChI is InChI=1S/C30H31ClN6O4/c1-2-19-14-34-29-27(19)28(31)23(15-35-29)20-4-3-5-22(13-20)37-11-10-36(17-26(37)39)25(38)16-33-21-8-6-18(7-9-21)12-24(32)30(40)41/h3-9,13-15,24,33H,2,10-12,16-17,32H2,1H3,(H,34,35)(H,40,41)/t24-/m1/s1. The lowest BCUT2D eigenvalue weighted by Gasteiger charge is -2.34. The second-order valence-electron chi connectivity index (χ2n) is 9.99. The number of carbonyl (C=O) groups excluding carboxylic acids is 2. The summed E-state index contributed by atoms with van der Waals surface area (Å²) in [5, 5.41) is 13.6. The summed E-state index contributed by atoms with van der Waals surface area (Å²) in [5.41, 5.74) is 11.3. The van der Waals surface area contributed by atoms with Crippen LogP contribution in [0.5, 0.6) is 0 Å². The van der Waals surface area contributed by atoms with Gasteiger partial charge < -0.3 is 30.9 Å². The minimum Gasteiger partial charge on any atom is -0.480 e. The summed E-state index contributed by atoms with van der Waals surface area (Å²) in [6.45, 7) is 2.85. The summed E-state index contributed by atoms with van der Waals surface area (Å²) < 4.78 is 0. The molecule has 4 aromatic rings. The Morgan fingerprint density at radius 3 is 2.68 bits per heavy atom. The Kier molecular flexibility index (Phi) is 8.23. The van der Waals surface area contributed by atoms with Crippen molar-refractivity contribution >= 4 is 51.8 Å². The number of amides is 2. The average Bonchev–Trinajstić information content (AvgIpc) is 3.41. The summed E-state index contributed by atoms with van der Waals surface area (Å²) in [7, 11) is 0. The zero-order chi connectivity index (χ0) is 29.1. The van der Waals surface area contributed by atoms with Crippen LogP contribution in [0.4, 0.5) is 11.4 Å². The molecule has 1 aliphatic rings. The van der Waals surface area contributed by atoms with Gasteiger partial charge in [-0.05, 0) is 53.8 Å². The van der Waals surface area contributed by atoms with E-state index in [4.69, 9.17) is 22.4 Å². The van der Waals surface area contributed by atoms with Crippen molar-refractivity contribution in [3.8, 4) is 11.1 Å². The summed E-state index contributed by atoms with van der Waals surface area (Å²) in [6.07, 6.45) is 4.71. The zero-order valence-electron chi connectivity index (χ0n) is 22.6. The van der Waals surface area contributed by atoms with Gasteiger partial charge in [-0.15, -0.1) is 0 Å². The molecule has 1 atom stereocenters. The Hall–Kier alpha value is -4.41. The highest BCUT2D eigenvalue weighted by molar-refractivity contribution is 6.38. The number of aryl methyl sites for hydroxylation is 1. The smallest absolute Gasteiger partial charge is 0.320 e. The minimum absolute atomic E-state index is 0.0196. The fourth-order valence-corrected chi connectivity index (χ4v) is 5.36. The molecular weight excluding hydrogens is 544 g/mol. The van der Waals surface area contributed by atoms with Crippen molar-refractivity contribution in [3.05, 3.63) is 77.1 Å². The number of carboxylic acid groups (broad SMARTS) is 1. The number of hydrogen-bond donors (Lipinski definition) is 4. The van der Waals surface area contributed by atoms with E-state index in [-0.39, 0.29) is 31.3 Å². The topological polar surface area (TPSA) is 145 Å². The molecule has 2 aromatic heterocycles. The maximum atomic E-state index is 13.1. The summed E-state index contributed by atoms with van der Waals surface area (Å²) >= 11 is 6.82. The van der Waals surface area contributed by atoms with Crippen molar-refractivity contribution in [2.75, 3.05) is 36.4 Å². The number of fused-ring (bicyclic) bond motifs is 1. The first kappa shape index (κ1) is 28.1. The highest BCUT2D eigenvalue weighted by atomic mass is 35.5. The monoisotopic (exact) mass is 574 g/mol. The van der Waals surface area contributed by atoms with Crippen LogP contribution in [-0.2, 0) is 27.2 Å². The Labute approximate surface area is 242 Å². The normalized spacial score (nSPS) is 14.4. The van der Waals surface area contributed by atoms with E-state index in [0.29, 0.717) is 23.8 Å². The predicted octanol–water partition coefficient (Wildman–Crippen LogP) is 3.69. The summed E-state index contributed by atoms with van der Waals surface area (Å²) in [5.74, 6) is -1.41. The molecule has 2 amide bonds. The van der Waals surface area contributed by atoms with Crippen LogP contribution >= 0.6 is 11.6 Å². The number of piperazine rings is 1. The molecule has 3 heterocycles. The molecule has 0 bridgehead atoms. The van der Waals surface area contributed by atoms with E-state index >= 15 is 0 Å². The number of nitrogens with zero attached hydrogens (tertiary/aromatic N) is 3. The first-order valence-electron chi connectivity index (χ1n) is 13.4. The number of halogens is 1. The van der Waals surface area contributed by atoms with E-state index in [0.717, 1.165) is 45.4 Å². The van der Waals surface area contributed by atoms with Crippen LogP contribution < -0.4 is 16.0 Å². The quantitative estimate of drug-likeness (QED) is 0.238. The third-order valence-electron chi connectivity index (χ3n) is 7.31. The molecule has 0 aliphatic carbocycles. The average molecular weight is 575 g/mol. The highest BCUT2D eigenvalue weighted by Gasteiger charge is 2.28. The van der Waals surface area contributed by atoms with Crippen LogP contribution in [0.25, 0.3) is 22.2 Å². The number of rotatable bonds is 9. The molecule has 0 unspecified atom stereocenters. The molecule has 2 aromatic carbocycles. The summed E-state index contributed by atoms with van der Waals surface area (Å²) in [4.78, 5) is 47.8. The number of anilines is 2. The number of carbonyl (C=O) groups is 3. The van der Waals surface area contributed by atoms with Gasteiger partial charge >= 0.3 is 5.97 Å². The highest BCUT2D eigenvalue weighted by Crippen LogP contribution is 2.36. The number of aromatic nitrogens is 2. The van der Waals surface area contributed by atoms with Crippen LogP contribution in [0.2, 0.25) is 5.02 Å². The molecule has 5 N–H and O–H groups in total. The van der Waals surface area contributed by atoms with Crippen LogP contribution in [-0.4, -0.2) is 70.0 Å². The van der Waals surface area contributed by atoms with Gasteiger partial charge in [0.1, 0.15) is 18.2 Å². The Morgan fingerprint density at radius 1 is 1.20 bits per heavy atom. The maximum absolute atomic E-state index is 13.1. The van der Waals surface area contributed by atoms with Gasteiger partial charge in [-0.1, -0.05) is 42.8 Å². The fraction of sp³-hybridized carbons (Fsp3) is 0.267.